The second kappa shape index (κ2) is 9.04. The fourth-order valence-electron chi connectivity index (χ4n) is 2.78. The topological polar surface area (TPSA) is 61.6 Å². The molecule has 2 aromatic carbocycles. The minimum absolute atomic E-state index is 0.0673. The molecule has 0 aliphatic heterocycles. The van der Waals surface area contributed by atoms with Crippen molar-refractivity contribution in [2.75, 3.05) is 13.2 Å². The Hall–Kier alpha value is -3.34. The molecule has 0 fully saturated rings. The Balaban J connectivity index is 1.79. The molecule has 1 heterocycles. The second-order valence-electron chi connectivity index (χ2n) is 6.12. The number of oxazole rings is 1. The minimum atomic E-state index is -0.0673. The van der Waals surface area contributed by atoms with Gasteiger partial charge in [-0.2, -0.15) is 0 Å². The van der Waals surface area contributed by atoms with Gasteiger partial charge in [-0.3, -0.25) is 4.79 Å². The minimum Gasteiger partial charge on any atom is -0.490 e. The second-order valence-corrected chi connectivity index (χ2v) is 6.12. The molecular formula is C23H23NO4. The summed E-state index contributed by atoms with van der Waals surface area (Å²) in [5, 5.41) is 0. The smallest absolute Gasteiger partial charge is 0.226 e. The third-order valence-electron chi connectivity index (χ3n) is 4.13. The fraction of sp³-hybridized carbons (Fsp3) is 0.217. The number of hydrogen-bond acceptors (Lipinski definition) is 5. The molecule has 1 aromatic heterocycles. The highest BCUT2D eigenvalue weighted by Crippen LogP contribution is 2.32. The first kappa shape index (κ1) is 19.4. The number of nitrogens with zero attached hydrogens (tertiary/aromatic N) is 1. The molecule has 0 radical (unpaired) electrons. The van der Waals surface area contributed by atoms with E-state index in [4.69, 9.17) is 13.9 Å². The van der Waals surface area contributed by atoms with Crippen LogP contribution in [-0.2, 0) is 0 Å². The maximum Gasteiger partial charge on any atom is 0.226 e. The van der Waals surface area contributed by atoms with Gasteiger partial charge in [0.1, 0.15) is 12.0 Å². The average molecular weight is 377 g/mol. The molecule has 5 nitrogen and oxygen atoms in total. The van der Waals surface area contributed by atoms with Crippen LogP contribution in [0.5, 0.6) is 11.5 Å². The molecule has 0 saturated carbocycles. The number of ketones is 1. The average Bonchev–Trinajstić information content (AvgIpc) is 3.17. The van der Waals surface area contributed by atoms with Crippen molar-refractivity contribution in [3.05, 3.63) is 71.6 Å². The monoisotopic (exact) mass is 377 g/mol. The lowest BCUT2D eigenvalue weighted by atomic mass is 10.0. The highest BCUT2D eigenvalue weighted by Gasteiger charge is 2.11. The quantitative estimate of drug-likeness (QED) is 0.391. The van der Waals surface area contributed by atoms with E-state index in [1.807, 2.05) is 63.2 Å². The van der Waals surface area contributed by atoms with Gasteiger partial charge in [-0.15, -0.1) is 0 Å². The Morgan fingerprint density at radius 1 is 1.07 bits per heavy atom. The molecule has 5 heteroatoms. The summed E-state index contributed by atoms with van der Waals surface area (Å²) in [5.41, 5.74) is 2.96. The predicted molar refractivity (Wildman–Crippen MR) is 109 cm³/mol. The SMILES string of the molecule is CCOc1ccc(-c2nc(/C=C/C(=O)c3ccccc3C)co2)cc1OCC. The van der Waals surface area contributed by atoms with Gasteiger partial charge < -0.3 is 13.9 Å². The summed E-state index contributed by atoms with van der Waals surface area (Å²) in [6.45, 7) is 6.85. The number of ether oxygens (including phenoxy) is 2. The normalized spacial score (nSPS) is 11.0. The zero-order valence-corrected chi connectivity index (χ0v) is 16.3. The Morgan fingerprint density at radius 3 is 2.57 bits per heavy atom. The summed E-state index contributed by atoms with van der Waals surface area (Å²) in [5.74, 6) is 1.71. The van der Waals surface area contributed by atoms with E-state index in [1.165, 1.54) is 12.3 Å². The van der Waals surface area contributed by atoms with Gasteiger partial charge in [0.15, 0.2) is 17.3 Å². The van der Waals surface area contributed by atoms with Crippen LogP contribution < -0.4 is 9.47 Å². The maximum atomic E-state index is 12.4. The molecule has 0 aliphatic carbocycles. The summed E-state index contributed by atoms with van der Waals surface area (Å²) in [4.78, 5) is 16.8. The van der Waals surface area contributed by atoms with E-state index in [0.717, 1.165) is 11.1 Å². The van der Waals surface area contributed by atoms with Crippen LogP contribution in [0.3, 0.4) is 0 Å². The van der Waals surface area contributed by atoms with E-state index in [2.05, 4.69) is 4.98 Å². The van der Waals surface area contributed by atoms with Crippen LogP contribution in [0.15, 0.2) is 59.2 Å². The maximum absolute atomic E-state index is 12.4. The first-order valence-electron chi connectivity index (χ1n) is 9.26. The first-order chi connectivity index (χ1) is 13.6. The number of aromatic nitrogens is 1. The lowest BCUT2D eigenvalue weighted by Crippen LogP contribution is -1.98. The molecule has 0 spiro atoms. The van der Waals surface area contributed by atoms with E-state index in [0.29, 0.717) is 41.9 Å². The summed E-state index contributed by atoms with van der Waals surface area (Å²) in [6, 6.07) is 13.0. The number of rotatable bonds is 8. The van der Waals surface area contributed by atoms with Crippen molar-refractivity contribution in [3.8, 4) is 23.0 Å². The van der Waals surface area contributed by atoms with Crippen LogP contribution in [0.4, 0.5) is 0 Å². The van der Waals surface area contributed by atoms with Gasteiger partial charge in [-0.25, -0.2) is 4.98 Å². The van der Waals surface area contributed by atoms with Gasteiger partial charge >= 0.3 is 0 Å². The summed E-state index contributed by atoms with van der Waals surface area (Å²) in [6.07, 6.45) is 4.68. The van der Waals surface area contributed by atoms with E-state index < -0.39 is 0 Å². The number of carbonyl (C=O) groups excluding carboxylic acids is 1. The Kier molecular flexibility index (Phi) is 6.27. The highest BCUT2D eigenvalue weighted by molar-refractivity contribution is 6.07. The third kappa shape index (κ3) is 4.49. The Bertz CT molecular complexity index is 988. The largest absolute Gasteiger partial charge is 0.490 e. The standard InChI is InChI=1S/C23H23NO4/c1-4-26-21-13-10-17(14-22(21)27-5-2)23-24-18(15-28-23)11-12-20(25)19-9-7-6-8-16(19)3/h6-15H,4-5H2,1-3H3/b12-11+. The molecule has 0 aliphatic rings. The zero-order chi connectivity index (χ0) is 19.9. The van der Waals surface area contributed by atoms with Crippen LogP contribution in [0, 0.1) is 6.92 Å². The number of hydrogen-bond donors (Lipinski definition) is 0. The summed E-state index contributed by atoms with van der Waals surface area (Å²) in [7, 11) is 0. The molecule has 28 heavy (non-hydrogen) atoms. The van der Waals surface area contributed by atoms with Crippen molar-refractivity contribution in [2.24, 2.45) is 0 Å². The first-order valence-corrected chi connectivity index (χ1v) is 9.26. The lowest BCUT2D eigenvalue weighted by Gasteiger charge is -2.11. The number of benzene rings is 2. The lowest BCUT2D eigenvalue weighted by molar-refractivity contribution is 0.104. The summed E-state index contributed by atoms with van der Waals surface area (Å²) < 4.78 is 16.8. The van der Waals surface area contributed by atoms with Crippen LogP contribution in [-0.4, -0.2) is 24.0 Å². The molecule has 0 N–H and O–H groups in total. The van der Waals surface area contributed by atoms with Crippen molar-refractivity contribution in [2.45, 2.75) is 20.8 Å². The van der Waals surface area contributed by atoms with E-state index in [1.54, 1.807) is 6.08 Å². The van der Waals surface area contributed by atoms with Crippen molar-refractivity contribution >= 4 is 11.9 Å². The Labute approximate surface area is 164 Å². The van der Waals surface area contributed by atoms with Crippen LogP contribution in [0.2, 0.25) is 0 Å². The van der Waals surface area contributed by atoms with Crippen molar-refractivity contribution in [3.63, 3.8) is 0 Å². The molecule has 3 rings (SSSR count). The number of carbonyl (C=O) groups is 1. The van der Waals surface area contributed by atoms with Gasteiger partial charge in [0, 0.05) is 11.1 Å². The van der Waals surface area contributed by atoms with E-state index in [9.17, 15) is 4.79 Å². The Morgan fingerprint density at radius 2 is 1.82 bits per heavy atom. The molecule has 144 valence electrons. The van der Waals surface area contributed by atoms with E-state index >= 15 is 0 Å². The molecule has 3 aromatic rings. The number of allylic oxidation sites excluding steroid dienone is 1. The van der Waals surface area contributed by atoms with Crippen LogP contribution >= 0.6 is 0 Å². The highest BCUT2D eigenvalue weighted by atomic mass is 16.5. The third-order valence-corrected chi connectivity index (χ3v) is 4.13. The molecule has 0 atom stereocenters. The zero-order valence-electron chi connectivity index (χ0n) is 16.3. The van der Waals surface area contributed by atoms with E-state index in [-0.39, 0.29) is 5.78 Å². The molecule has 0 amide bonds. The van der Waals surface area contributed by atoms with Crippen LogP contribution in [0.25, 0.3) is 17.5 Å². The molecular weight excluding hydrogens is 354 g/mol. The van der Waals surface area contributed by atoms with Gasteiger partial charge in [0.05, 0.1) is 13.2 Å². The fourth-order valence-corrected chi connectivity index (χ4v) is 2.78. The summed E-state index contributed by atoms with van der Waals surface area (Å²) >= 11 is 0. The van der Waals surface area contributed by atoms with Crippen molar-refractivity contribution in [1.29, 1.82) is 0 Å². The molecule has 0 bridgehead atoms. The number of aryl methyl sites for hydroxylation is 1. The predicted octanol–water partition coefficient (Wildman–Crippen LogP) is 5.34. The van der Waals surface area contributed by atoms with Crippen molar-refractivity contribution < 1.29 is 18.7 Å². The van der Waals surface area contributed by atoms with Gasteiger partial charge in [0.2, 0.25) is 5.89 Å². The molecule has 0 unspecified atom stereocenters. The molecule has 0 saturated heterocycles. The van der Waals surface area contributed by atoms with Crippen molar-refractivity contribution in [1.82, 2.24) is 4.98 Å². The van der Waals surface area contributed by atoms with Gasteiger partial charge in [-0.05, 0) is 56.7 Å². The van der Waals surface area contributed by atoms with Crippen LogP contribution in [0.1, 0.15) is 35.5 Å². The van der Waals surface area contributed by atoms with Gasteiger partial charge in [0.25, 0.3) is 0 Å². The van der Waals surface area contributed by atoms with Gasteiger partial charge in [-0.1, -0.05) is 24.3 Å².